The Morgan fingerprint density at radius 1 is 1.26 bits per heavy atom. The lowest BCUT2D eigenvalue weighted by Crippen LogP contribution is -2.28. The zero-order valence-corrected chi connectivity index (χ0v) is 12.2. The van der Waals surface area contributed by atoms with E-state index in [-0.39, 0.29) is 5.78 Å². The lowest BCUT2D eigenvalue weighted by molar-refractivity contribution is 0.101. The summed E-state index contributed by atoms with van der Waals surface area (Å²) in [6.45, 7) is 9.19. The molecule has 4 heteroatoms. The number of rotatable bonds is 8. The zero-order chi connectivity index (χ0) is 14.3. The fraction of sp³-hybridized carbons (Fsp3) is 0.533. The van der Waals surface area contributed by atoms with Gasteiger partial charge in [-0.3, -0.25) is 4.79 Å². The number of methoxy groups -OCH3 is 1. The summed E-state index contributed by atoms with van der Waals surface area (Å²) in [5.74, 6) is 1.29. The summed E-state index contributed by atoms with van der Waals surface area (Å²) in [6, 6.07) is 5.28. The molecular weight excluding hydrogens is 242 g/mol. The van der Waals surface area contributed by atoms with Crippen molar-refractivity contribution < 1.29 is 14.3 Å². The first-order chi connectivity index (χ1) is 9.12. The molecule has 4 nitrogen and oxygen atoms in total. The normalized spacial score (nSPS) is 10.6. The number of ketones is 1. The van der Waals surface area contributed by atoms with E-state index in [1.54, 1.807) is 32.2 Å². The van der Waals surface area contributed by atoms with E-state index in [0.717, 1.165) is 19.6 Å². The molecule has 0 atom stereocenters. The van der Waals surface area contributed by atoms with Gasteiger partial charge in [0.05, 0.1) is 12.7 Å². The van der Waals surface area contributed by atoms with Crippen molar-refractivity contribution in [2.75, 3.05) is 33.4 Å². The molecule has 0 fully saturated rings. The van der Waals surface area contributed by atoms with E-state index >= 15 is 0 Å². The lowest BCUT2D eigenvalue weighted by atomic mass is 10.1. The highest BCUT2D eigenvalue weighted by atomic mass is 16.5. The Morgan fingerprint density at radius 2 is 1.95 bits per heavy atom. The number of Topliss-reactive ketones (excluding diaryl/α,β-unsaturated/α-hetero) is 1. The molecule has 0 bridgehead atoms. The number of hydrogen-bond donors (Lipinski definition) is 0. The van der Waals surface area contributed by atoms with Gasteiger partial charge in [-0.25, -0.2) is 0 Å². The Bertz CT molecular complexity index is 414. The molecule has 0 aromatic heterocycles. The highest BCUT2D eigenvalue weighted by Crippen LogP contribution is 2.25. The molecule has 1 aromatic rings. The topological polar surface area (TPSA) is 38.8 Å². The third kappa shape index (κ3) is 4.56. The number of ether oxygens (including phenoxy) is 2. The minimum Gasteiger partial charge on any atom is -0.497 e. The van der Waals surface area contributed by atoms with Crippen LogP contribution in [-0.4, -0.2) is 44.0 Å². The van der Waals surface area contributed by atoms with Gasteiger partial charge in [-0.2, -0.15) is 0 Å². The van der Waals surface area contributed by atoms with Crippen LogP contribution in [0, 0.1) is 0 Å². The van der Waals surface area contributed by atoms with Crippen LogP contribution in [0.25, 0.3) is 0 Å². The molecule has 1 rings (SSSR count). The van der Waals surface area contributed by atoms with Crippen molar-refractivity contribution in [1.82, 2.24) is 4.90 Å². The number of benzene rings is 1. The molecule has 0 aliphatic rings. The summed E-state index contributed by atoms with van der Waals surface area (Å²) < 4.78 is 10.9. The van der Waals surface area contributed by atoms with Crippen molar-refractivity contribution in [3.63, 3.8) is 0 Å². The molecule has 0 radical (unpaired) electrons. The van der Waals surface area contributed by atoms with E-state index in [9.17, 15) is 4.79 Å². The third-order valence-corrected chi connectivity index (χ3v) is 3.13. The standard InChI is InChI=1S/C15H23NO3/c1-5-16(6-2)9-10-19-15-11-13(18-4)7-8-14(15)12(3)17/h7-8,11H,5-6,9-10H2,1-4H3. The first-order valence-electron chi connectivity index (χ1n) is 6.66. The van der Waals surface area contributed by atoms with Crippen molar-refractivity contribution in [2.24, 2.45) is 0 Å². The smallest absolute Gasteiger partial charge is 0.163 e. The number of nitrogens with zero attached hydrogens (tertiary/aromatic N) is 1. The molecule has 1 aromatic carbocycles. The van der Waals surface area contributed by atoms with E-state index < -0.39 is 0 Å². The highest BCUT2D eigenvalue weighted by Gasteiger charge is 2.10. The Labute approximate surface area is 115 Å². The van der Waals surface area contributed by atoms with E-state index in [2.05, 4.69) is 18.7 Å². The van der Waals surface area contributed by atoms with Crippen LogP contribution in [0.5, 0.6) is 11.5 Å². The second-order valence-corrected chi connectivity index (χ2v) is 4.29. The fourth-order valence-corrected chi connectivity index (χ4v) is 1.86. The molecule has 0 N–H and O–H groups in total. The Morgan fingerprint density at radius 3 is 2.47 bits per heavy atom. The average Bonchev–Trinajstić information content (AvgIpc) is 2.43. The molecule has 0 unspecified atom stereocenters. The van der Waals surface area contributed by atoms with Crippen molar-refractivity contribution >= 4 is 5.78 Å². The molecule has 0 amide bonds. The molecule has 0 spiro atoms. The second-order valence-electron chi connectivity index (χ2n) is 4.29. The molecule has 0 aliphatic carbocycles. The van der Waals surface area contributed by atoms with Crippen molar-refractivity contribution in [1.29, 1.82) is 0 Å². The highest BCUT2D eigenvalue weighted by molar-refractivity contribution is 5.97. The van der Waals surface area contributed by atoms with Gasteiger partial charge in [0, 0.05) is 12.6 Å². The van der Waals surface area contributed by atoms with Crippen molar-refractivity contribution in [2.45, 2.75) is 20.8 Å². The van der Waals surface area contributed by atoms with Gasteiger partial charge < -0.3 is 14.4 Å². The molecule has 0 aliphatic heterocycles. The maximum atomic E-state index is 11.5. The van der Waals surface area contributed by atoms with Crippen LogP contribution >= 0.6 is 0 Å². The van der Waals surface area contributed by atoms with Crippen LogP contribution in [0.1, 0.15) is 31.1 Å². The van der Waals surface area contributed by atoms with E-state index in [1.165, 1.54) is 0 Å². The van der Waals surface area contributed by atoms with Crippen LogP contribution in [-0.2, 0) is 0 Å². The summed E-state index contributed by atoms with van der Waals surface area (Å²) in [5.41, 5.74) is 0.598. The van der Waals surface area contributed by atoms with Gasteiger partial charge in [-0.15, -0.1) is 0 Å². The molecule has 0 saturated heterocycles. The third-order valence-electron chi connectivity index (χ3n) is 3.13. The number of carbonyl (C=O) groups is 1. The maximum Gasteiger partial charge on any atom is 0.163 e. The molecule has 0 heterocycles. The summed E-state index contributed by atoms with van der Waals surface area (Å²) in [6.07, 6.45) is 0. The molecular formula is C15H23NO3. The van der Waals surface area contributed by atoms with Crippen molar-refractivity contribution in [3.05, 3.63) is 23.8 Å². The number of carbonyl (C=O) groups excluding carboxylic acids is 1. The summed E-state index contributed by atoms with van der Waals surface area (Å²) in [5, 5.41) is 0. The number of likely N-dealkylation sites (N-methyl/N-ethyl adjacent to an activating group) is 1. The maximum absolute atomic E-state index is 11.5. The van der Waals surface area contributed by atoms with Gasteiger partial charge in [-0.1, -0.05) is 13.8 Å². The lowest BCUT2D eigenvalue weighted by Gasteiger charge is -2.18. The number of hydrogen-bond acceptors (Lipinski definition) is 4. The summed E-state index contributed by atoms with van der Waals surface area (Å²) in [4.78, 5) is 13.8. The molecule has 106 valence electrons. The molecule has 19 heavy (non-hydrogen) atoms. The van der Waals surface area contributed by atoms with Crippen LogP contribution in [0.4, 0.5) is 0 Å². The quantitative estimate of drug-likeness (QED) is 0.677. The predicted octanol–water partition coefficient (Wildman–Crippen LogP) is 2.62. The minimum atomic E-state index is 0.000456. The van der Waals surface area contributed by atoms with E-state index in [1.807, 2.05) is 0 Å². The Kier molecular flexibility index (Phi) is 6.36. The summed E-state index contributed by atoms with van der Waals surface area (Å²) in [7, 11) is 1.60. The average molecular weight is 265 g/mol. The Balaban J connectivity index is 2.72. The van der Waals surface area contributed by atoms with E-state index in [0.29, 0.717) is 23.7 Å². The van der Waals surface area contributed by atoms with Crippen LogP contribution in [0.15, 0.2) is 18.2 Å². The van der Waals surface area contributed by atoms with E-state index in [4.69, 9.17) is 9.47 Å². The Hall–Kier alpha value is -1.55. The monoisotopic (exact) mass is 265 g/mol. The van der Waals surface area contributed by atoms with Crippen LogP contribution in [0.3, 0.4) is 0 Å². The van der Waals surface area contributed by atoms with Crippen molar-refractivity contribution in [3.8, 4) is 11.5 Å². The predicted molar refractivity (Wildman–Crippen MR) is 76.3 cm³/mol. The van der Waals surface area contributed by atoms with Gasteiger partial charge in [0.25, 0.3) is 0 Å². The minimum absolute atomic E-state index is 0.000456. The first kappa shape index (κ1) is 15.5. The van der Waals surface area contributed by atoms with Gasteiger partial charge in [0.1, 0.15) is 18.1 Å². The van der Waals surface area contributed by atoms with Gasteiger partial charge in [0.2, 0.25) is 0 Å². The zero-order valence-electron chi connectivity index (χ0n) is 12.2. The van der Waals surface area contributed by atoms with Gasteiger partial charge in [-0.05, 0) is 32.1 Å². The molecule has 0 saturated carbocycles. The second kappa shape index (κ2) is 7.79. The summed E-state index contributed by atoms with van der Waals surface area (Å²) >= 11 is 0. The van der Waals surface area contributed by atoms with Gasteiger partial charge >= 0.3 is 0 Å². The fourth-order valence-electron chi connectivity index (χ4n) is 1.86. The van der Waals surface area contributed by atoms with Crippen LogP contribution < -0.4 is 9.47 Å². The SMILES string of the molecule is CCN(CC)CCOc1cc(OC)ccc1C(C)=O. The van der Waals surface area contributed by atoms with Gasteiger partial charge in [0.15, 0.2) is 5.78 Å². The largest absolute Gasteiger partial charge is 0.497 e. The first-order valence-corrected chi connectivity index (χ1v) is 6.66. The van der Waals surface area contributed by atoms with Crippen LogP contribution in [0.2, 0.25) is 0 Å².